The molecule has 94 valence electrons. The van der Waals surface area contributed by atoms with Gasteiger partial charge >= 0.3 is 6.03 Å². The fourth-order valence-electron chi connectivity index (χ4n) is 1.95. The van der Waals surface area contributed by atoms with Crippen LogP contribution in [0.2, 0.25) is 0 Å². The first-order chi connectivity index (χ1) is 7.96. The molecule has 0 aliphatic carbocycles. The third-order valence-electron chi connectivity index (χ3n) is 2.75. The van der Waals surface area contributed by atoms with E-state index in [-0.39, 0.29) is 17.6 Å². The van der Waals surface area contributed by atoms with Crippen LogP contribution in [-0.2, 0) is 0 Å². The molecule has 2 rings (SSSR count). The van der Waals surface area contributed by atoms with E-state index in [9.17, 15) is 4.79 Å². The smallest absolute Gasteiger partial charge is 0.317 e. The maximum Gasteiger partial charge on any atom is 0.317 e. The van der Waals surface area contributed by atoms with Gasteiger partial charge in [0.2, 0.25) is 0 Å². The van der Waals surface area contributed by atoms with Crippen molar-refractivity contribution in [3.8, 4) is 0 Å². The van der Waals surface area contributed by atoms with Crippen molar-refractivity contribution in [2.75, 3.05) is 13.1 Å². The highest BCUT2D eigenvalue weighted by molar-refractivity contribution is 5.75. The number of urea groups is 1. The van der Waals surface area contributed by atoms with Gasteiger partial charge in [-0.3, -0.25) is 0 Å². The van der Waals surface area contributed by atoms with Gasteiger partial charge in [-0.05, 0) is 27.2 Å². The summed E-state index contributed by atoms with van der Waals surface area (Å²) >= 11 is 0. The molecule has 1 aromatic rings. The Hall–Kier alpha value is -1.59. The molecule has 0 spiro atoms. The zero-order chi connectivity index (χ0) is 12.5. The van der Waals surface area contributed by atoms with Crippen molar-refractivity contribution in [3.63, 3.8) is 0 Å². The highest BCUT2D eigenvalue weighted by Gasteiger charge is 2.29. The molecule has 0 bridgehead atoms. The van der Waals surface area contributed by atoms with Crippen molar-refractivity contribution >= 4 is 6.03 Å². The fourth-order valence-corrected chi connectivity index (χ4v) is 1.95. The van der Waals surface area contributed by atoms with Crippen molar-refractivity contribution in [2.45, 2.75) is 38.8 Å². The summed E-state index contributed by atoms with van der Waals surface area (Å²) in [6.07, 6.45) is 4.44. The Morgan fingerprint density at radius 3 is 2.82 bits per heavy atom. The molecule has 0 saturated carbocycles. The molecule has 2 heterocycles. The zero-order valence-electron chi connectivity index (χ0n) is 10.6. The number of carbonyl (C=O) groups excluding carboxylic acids is 1. The van der Waals surface area contributed by atoms with Crippen LogP contribution >= 0.6 is 0 Å². The van der Waals surface area contributed by atoms with Gasteiger partial charge in [0.05, 0.1) is 12.2 Å². The van der Waals surface area contributed by atoms with E-state index in [1.54, 1.807) is 6.20 Å². The van der Waals surface area contributed by atoms with E-state index in [2.05, 4.69) is 15.6 Å². The quantitative estimate of drug-likeness (QED) is 0.793. The summed E-state index contributed by atoms with van der Waals surface area (Å²) in [7, 11) is 0. The Balaban J connectivity index is 1.92. The van der Waals surface area contributed by atoms with Crippen LogP contribution in [0, 0.1) is 0 Å². The van der Waals surface area contributed by atoms with Crippen LogP contribution < -0.4 is 5.32 Å². The molecule has 17 heavy (non-hydrogen) atoms. The summed E-state index contributed by atoms with van der Waals surface area (Å²) in [5, 5.41) is 10.7. The second kappa shape index (κ2) is 4.35. The van der Waals surface area contributed by atoms with E-state index >= 15 is 0 Å². The number of likely N-dealkylation sites (tertiary alicyclic amines) is 1. The number of rotatable bonds is 1. The minimum atomic E-state index is -0.192. The first-order valence-corrected chi connectivity index (χ1v) is 5.88. The van der Waals surface area contributed by atoms with Gasteiger partial charge in [0.25, 0.3) is 0 Å². The first-order valence-electron chi connectivity index (χ1n) is 5.88. The van der Waals surface area contributed by atoms with E-state index < -0.39 is 0 Å². The number of carbonyl (C=O) groups is 1. The van der Waals surface area contributed by atoms with Crippen molar-refractivity contribution in [1.82, 2.24) is 25.2 Å². The van der Waals surface area contributed by atoms with Gasteiger partial charge in [0, 0.05) is 24.8 Å². The van der Waals surface area contributed by atoms with Crippen molar-refractivity contribution in [2.24, 2.45) is 0 Å². The van der Waals surface area contributed by atoms with E-state index in [0.717, 1.165) is 13.0 Å². The monoisotopic (exact) mass is 237 g/mol. The molecular formula is C11H19N5O. The van der Waals surface area contributed by atoms with E-state index in [0.29, 0.717) is 6.54 Å². The van der Waals surface area contributed by atoms with Gasteiger partial charge < -0.3 is 10.2 Å². The van der Waals surface area contributed by atoms with Gasteiger partial charge in [0.1, 0.15) is 0 Å². The lowest BCUT2D eigenvalue weighted by Crippen LogP contribution is -2.47. The molecule has 6 nitrogen and oxygen atoms in total. The van der Waals surface area contributed by atoms with Gasteiger partial charge in [-0.15, -0.1) is 5.10 Å². The van der Waals surface area contributed by atoms with Crippen LogP contribution in [0.3, 0.4) is 0 Å². The molecule has 1 atom stereocenters. The number of amides is 2. The maximum absolute atomic E-state index is 11.9. The molecule has 1 fully saturated rings. The molecule has 6 heteroatoms. The van der Waals surface area contributed by atoms with Gasteiger partial charge in [-0.25, -0.2) is 9.48 Å². The average Bonchev–Trinajstić information content (AvgIpc) is 2.86. The van der Waals surface area contributed by atoms with Crippen LogP contribution in [0.25, 0.3) is 0 Å². The summed E-state index contributed by atoms with van der Waals surface area (Å²) in [6.45, 7) is 7.42. The Morgan fingerprint density at radius 2 is 2.24 bits per heavy atom. The topological polar surface area (TPSA) is 63.1 Å². The lowest BCUT2D eigenvalue weighted by molar-refractivity contribution is 0.197. The summed E-state index contributed by atoms with van der Waals surface area (Å²) in [5.74, 6) is 0. The third kappa shape index (κ3) is 2.95. The SMILES string of the molecule is CC(C)(C)NC(=O)N1CCC(n2ccnn2)C1. The highest BCUT2D eigenvalue weighted by atomic mass is 16.2. The van der Waals surface area contributed by atoms with Gasteiger partial charge in [-0.2, -0.15) is 0 Å². The number of hydrogen-bond acceptors (Lipinski definition) is 3. The first kappa shape index (κ1) is 11.9. The summed E-state index contributed by atoms with van der Waals surface area (Å²) in [5.41, 5.74) is -0.192. The van der Waals surface area contributed by atoms with Crippen molar-refractivity contribution in [1.29, 1.82) is 0 Å². The molecule has 0 aromatic carbocycles. The summed E-state index contributed by atoms with van der Waals surface area (Å²) in [4.78, 5) is 13.8. The van der Waals surface area contributed by atoms with Gasteiger partial charge in [-0.1, -0.05) is 5.21 Å². The zero-order valence-corrected chi connectivity index (χ0v) is 10.6. The Kier molecular flexibility index (Phi) is 3.04. The number of nitrogens with one attached hydrogen (secondary N) is 1. The molecule has 1 saturated heterocycles. The van der Waals surface area contributed by atoms with Crippen LogP contribution in [-0.4, -0.2) is 44.6 Å². The van der Waals surface area contributed by atoms with Crippen LogP contribution in [0.1, 0.15) is 33.2 Å². The number of nitrogens with zero attached hydrogens (tertiary/aromatic N) is 4. The van der Waals surface area contributed by atoms with Crippen LogP contribution in [0.15, 0.2) is 12.4 Å². The molecular weight excluding hydrogens is 218 g/mol. The van der Waals surface area contributed by atoms with E-state index in [1.165, 1.54) is 0 Å². The molecule has 1 unspecified atom stereocenters. The van der Waals surface area contributed by atoms with Crippen LogP contribution in [0.4, 0.5) is 4.79 Å². The minimum absolute atomic E-state index is 0.000107. The number of hydrogen-bond donors (Lipinski definition) is 1. The summed E-state index contributed by atoms with van der Waals surface area (Å²) in [6, 6.07) is 0.253. The fraction of sp³-hybridized carbons (Fsp3) is 0.727. The Labute approximate surface area is 101 Å². The van der Waals surface area contributed by atoms with Gasteiger partial charge in [0.15, 0.2) is 0 Å². The molecule has 2 amide bonds. The second-order valence-corrected chi connectivity index (χ2v) is 5.45. The third-order valence-corrected chi connectivity index (χ3v) is 2.75. The standard InChI is InChI=1S/C11H19N5O/c1-11(2,3)13-10(17)15-6-4-9(8-15)16-7-5-12-14-16/h5,7,9H,4,6,8H2,1-3H3,(H,13,17). The largest absolute Gasteiger partial charge is 0.333 e. The predicted octanol–water partition coefficient (Wildman–Crippen LogP) is 1.03. The number of aromatic nitrogens is 3. The van der Waals surface area contributed by atoms with Crippen molar-refractivity contribution < 1.29 is 4.79 Å². The van der Waals surface area contributed by atoms with E-state index in [4.69, 9.17) is 0 Å². The summed E-state index contributed by atoms with van der Waals surface area (Å²) < 4.78 is 1.82. The minimum Gasteiger partial charge on any atom is -0.333 e. The highest BCUT2D eigenvalue weighted by Crippen LogP contribution is 2.20. The second-order valence-electron chi connectivity index (χ2n) is 5.45. The predicted molar refractivity (Wildman–Crippen MR) is 63.5 cm³/mol. The molecule has 1 aromatic heterocycles. The molecule has 0 radical (unpaired) electrons. The Bertz CT molecular complexity index is 381. The van der Waals surface area contributed by atoms with Crippen LogP contribution in [0.5, 0.6) is 0 Å². The molecule has 1 aliphatic rings. The molecule has 1 aliphatic heterocycles. The average molecular weight is 237 g/mol. The lowest BCUT2D eigenvalue weighted by Gasteiger charge is -2.25. The Morgan fingerprint density at radius 1 is 1.47 bits per heavy atom. The van der Waals surface area contributed by atoms with Crippen molar-refractivity contribution in [3.05, 3.63) is 12.4 Å². The van der Waals surface area contributed by atoms with E-state index in [1.807, 2.05) is 36.5 Å². The molecule has 1 N–H and O–H groups in total. The lowest BCUT2D eigenvalue weighted by atomic mass is 10.1. The maximum atomic E-state index is 11.9. The normalized spacial score (nSPS) is 20.6.